The summed E-state index contributed by atoms with van der Waals surface area (Å²) in [6.45, 7) is 4.93. The molecule has 0 radical (unpaired) electrons. The average Bonchev–Trinajstić information content (AvgIpc) is 2.82. The van der Waals surface area contributed by atoms with Gasteiger partial charge in [-0.1, -0.05) is 25.2 Å². The predicted molar refractivity (Wildman–Crippen MR) is 74.3 cm³/mol. The number of hydrogen-bond donors (Lipinski definition) is 0. The second-order valence-electron chi connectivity index (χ2n) is 4.37. The molecule has 15 heavy (non-hydrogen) atoms. The van der Waals surface area contributed by atoms with Gasteiger partial charge in [-0.3, -0.25) is 0 Å². The second kappa shape index (κ2) is 3.17. The maximum Gasteiger partial charge on any atom is 0.138 e. The standard InChI is InChI=1S/C12H12S2Si/c1-15(2)11-9(5-7-13-11)3-4-10-6-8-14-12(10)15/h3-8H,1-2H3. The van der Waals surface area contributed by atoms with E-state index in [0.717, 1.165) is 0 Å². The highest BCUT2D eigenvalue weighted by atomic mass is 32.1. The Hall–Kier alpha value is -0.643. The third-order valence-electron chi connectivity index (χ3n) is 2.97. The van der Waals surface area contributed by atoms with Crippen LogP contribution in [0.4, 0.5) is 0 Å². The summed E-state index contributed by atoms with van der Waals surface area (Å²) < 4.78 is 3.25. The molecule has 0 N–H and O–H groups in total. The van der Waals surface area contributed by atoms with Gasteiger partial charge in [0.05, 0.1) is 0 Å². The first kappa shape index (κ1) is 9.57. The molecular formula is C12H12S2Si. The quantitative estimate of drug-likeness (QED) is 0.629. The average molecular weight is 248 g/mol. The highest BCUT2D eigenvalue weighted by molar-refractivity contribution is 7.36. The lowest BCUT2D eigenvalue weighted by molar-refractivity contribution is 1.84. The monoisotopic (exact) mass is 248 g/mol. The van der Waals surface area contributed by atoms with Crippen LogP contribution in [0.15, 0.2) is 22.9 Å². The zero-order chi connectivity index (χ0) is 10.5. The smallest absolute Gasteiger partial charge is 0.138 e. The van der Waals surface area contributed by atoms with Gasteiger partial charge in [0.15, 0.2) is 0 Å². The maximum absolute atomic E-state index is 2.46. The van der Waals surface area contributed by atoms with E-state index in [1.165, 1.54) is 11.1 Å². The van der Waals surface area contributed by atoms with Crippen molar-refractivity contribution in [3.8, 4) is 0 Å². The van der Waals surface area contributed by atoms with E-state index in [1.54, 1.807) is 9.00 Å². The Kier molecular flexibility index (Phi) is 2.02. The van der Waals surface area contributed by atoms with E-state index in [2.05, 4.69) is 48.1 Å². The van der Waals surface area contributed by atoms with Crippen LogP contribution < -0.4 is 9.00 Å². The lowest BCUT2D eigenvalue weighted by Crippen LogP contribution is -2.51. The van der Waals surface area contributed by atoms with E-state index in [4.69, 9.17) is 0 Å². The molecule has 0 nitrogen and oxygen atoms in total. The van der Waals surface area contributed by atoms with Crippen molar-refractivity contribution in [2.24, 2.45) is 0 Å². The second-order valence-corrected chi connectivity index (χ2v) is 11.2. The number of fused-ring (bicyclic) bond motifs is 2. The minimum atomic E-state index is -1.40. The van der Waals surface area contributed by atoms with Gasteiger partial charge in [0.25, 0.3) is 0 Å². The van der Waals surface area contributed by atoms with Crippen molar-refractivity contribution in [3.05, 3.63) is 34.0 Å². The zero-order valence-corrected chi connectivity index (χ0v) is 11.4. The van der Waals surface area contributed by atoms with Crippen LogP contribution in [0.5, 0.6) is 0 Å². The molecule has 76 valence electrons. The molecule has 0 spiro atoms. The van der Waals surface area contributed by atoms with E-state index in [-0.39, 0.29) is 0 Å². The minimum absolute atomic E-state index is 1.40. The van der Waals surface area contributed by atoms with Crippen LogP contribution in [0.1, 0.15) is 11.1 Å². The van der Waals surface area contributed by atoms with Gasteiger partial charge in [-0.25, -0.2) is 0 Å². The first-order valence-corrected chi connectivity index (χ1v) is 9.79. The summed E-state index contributed by atoms with van der Waals surface area (Å²) in [5.74, 6) is 0. The molecule has 0 saturated heterocycles. The molecule has 3 heterocycles. The zero-order valence-electron chi connectivity index (χ0n) is 8.78. The first-order chi connectivity index (χ1) is 7.19. The maximum atomic E-state index is 2.46. The molecular weight excluding hydrogens is 236 g/mol. The molecule has 0 amide bonds. The van der Waals surface area contributed by atoms with Gasteiger partial charge in [0.1, 0.15) is 8.07 Å². The van der Waals surface area contributed by atoms with E-state index in [0.29, 0.717) is 0 Å². The van der Waals surface area contributed by atoms with Crippen LogP contribution in [0.3, 0.4) is 0 Å². The summed E-state index contributed by atoms with van der Waals surface area (Å²) in [5.41, 5.74) is 2.89. The van der Waals surface area contributed by atoms with Crippen molar-refractivity contribution < 1.29 is 0 Å². The molecule has 0 fully saturated rings. The van der Waals surface area contributed by atoms with Crippen LogP contribution in [-0.2, 0) is 0 Å². The summed E-state index contributed by atoms with van der Waals surface area (Å²) >= 11 is 3.86. The van der Waals surface area contributed by atoms with Gasteiger partial charge in [0.2, 0.25) is 0 Å². The highest BCUT2D eigenvalue weighted by Gasteiger charge is 2.33. The van der Waals surface area contributed by atoms with E-state index >= 15 is 0 Å². The third-order valence-corrected chi connectivity index (χ3v) is 11.1. The van der Waals surface area contributed by atoms with Gasteiger partial charge < -0.3 is 0 Å². The summed E-state index contributed by atoms with van der Waals surface area (Å²) in [6.07, 6.45) is 4.55. The lowest BCUT2D eigenvalue weighted by Gasteiger charge is -2.20. The van der Waals surface area contributed by atoms with Crippen LogP contribution in [0.25, 0.3) is 12.2 Å². The Labute approximate surface area is 98.9 Å². The van der Waals surface area contributed by atoms with Gasteiger partial charge in [-0.2, -0.15) is 22.7 Å². The molecule has 0 atom stereocenters. The minimum Gasteiger partial charge on any atom is -0.152 e. The summed E-state index contributed by atoms with van der Waals surface area (Å²) in [6, 6.07) is 4.50. The normalized spacial score (nSPS) is 16.9. The van der Waals surface area contributed by atoms with Crippen molar-refractivity contribution in [2.75, 3.05) is 0 Å². The molecule has 0 unspecified atom stereocenters. The van der Waals surface area contributed by atoms with Crippen molar-refractivity contribution in [3.63, 3.8) is 0 Å². The highest BCUT2D eigenvalue weighted by Crippen LogP contribution is 2.23. The molecule has 0 aromatic carbocycles. The SMILES string of the molecule is C[Si]1(C)c2sccc2C=Cc2ccsc21. The van der Waals surface area contributed by atoms with Crippen LogP contribution >= 0.6 is 22.7 Å². The molecule has 0 aliphatic carbocycles. The van der Waals surface area contributed by atoms with Crippen LogP contribution in [0.2, 0.25) is 13.1 Å². The fraction of sp³-hybridized carbons (Fsp3) is 0.167. The number of hydrogen-bond acceptors (Lipinski definition) is 2. The van der Waals surface area contributed by atoms with Crippen molar-refractivity contribution in [2.45, 2.75) is 13.1 Å². The molecule has 0 bridgehead atoms. The van der Waals surface area contributed by atoms with E-state index in [1.807, 2.05) is 22.7 Å². The Bertz CT molecular complexity index is 485. The third kappa shape index (κ3) is 1.30. The van der Waals surface area contributed by atoms with Gasteiger partial charge >= 0.3 is 0 Å². The Morgan fingerprint density at radius 1 is 0.867 bits per heavy atom. The van der Waals surface area contributed by atoms with E-state index in [9.17, 15) is 0 Å². The van der Waals surface area contributed by atoms with Crippen molar-refractivity contribution in [1.29, 1.82) is 0 Å². The summed E-state index contributed by atoms with van der Waals surface area (Å²) in [5, 5.41) is 4.45. The summed E-state index contributed by atoms with van der Waals surface area (Å²) in [7, 11) is -1.40. The van der Waals surface area contributed by atoms with Gasteiger partial charge in [-0.15, -0.1) is 0 Å². The van der Waals surface area contributed by atoms with Crippen LogP contribution in [0, 0.1) is 0 Å². The van der Waals surface area contributed by atoms with Gasteiger partial charge in [-0.05, 0) is 34.0 Å². The first-order valence-electron chi connectivity index (χ1n) is 5.03. The molecule has 1 aliphatic heterocycles. The molecule has 3 rings (SSSR count). The van der Waals surface area contributed by atoms with Crippen molar-refractivity contribution in [1.82, 2.24) is 0 Å². The fourth-order valence-corrected chi connectivity index (χ4v) is 9.00. The molecule has 2 aromatic heterocycles. The van der Waals surface area contributed by atoms with Crippen molar-refractivity contribution >= 4 is 51.9 Å². The number of rotatable bonds is 0. The van der Waals surface area contributed by atoms with E-state index < -0.39 is 8.07 Å². The van der Waals surface area contributed by atoms with Crippen LogP contribution in [-0.4, -0.2) is 8.07 Å². The molecule has 1 aliphatic rings. The number of thiophene rings is 2. The lowest BCUT2D eigenvalue weighted by atomic mass is 10.2. The predicted octanol–water partition coefficient (Wildman–Crippen LogP) is 3.12. The Morgan fingerprint density at radius 2 is 1.33 bits per heavy atom. The Morgan fingerprint density at radius 3 is 1.80 bits per heavy atom. The summed E-state index contributed by atoms with van der Waals surface area (Å²) in [4.78, 5) is 0. The topological polar surface area (TPSA) is 0 Å². The largest absolute Gasteiger partial charge is 0.152 e. The molecule has 2 aromatic rings. The fourth-order valence-electron chi connectivity index (χ4n) is 2.20. The van der Waals surface area contributed by atoms with Gasteiger partial charge in [0, 0.05) is 9.00 Å². The molecule has 3 heteroatoms. The Balaban J connectivity index is 2.34. The molecule has 0 saturated carbocycles.